The van der Waals surface area contributed by atoms with Crippen molar-refractivity contribution in [3.05, 3.63) is 40.8 Å². The lowest BCUT2D eigenvalue weighted by atomic mass is 9.95. The summed E-state index contributed by atoms with van der Waals surface area (Å²) in [6, 6.07) is 5.27. The van der Waals surface area contributed by atoms with Gasteiger partial charge in [-0.05, 0) is 57.7 Å². The van der Waals surface area contributed by atoms with Crippen molar-refractivity contribution >= 4 is 29.2 Å². The second kappa shape index (κ2) is 8.76. The van der Waals surface area contributed by atoms with E-state index in [-0.39, 0.29) is 29.2 Å². The molecule has 0 unspecified atom stereocenters. The normalized spacial score (nSPS) is 15.5. The fraction of sp³-hybridized carbons (Fsp3) is 0.545. The Balaban J connectivity index is 1.63. The fourth-order valence-corrected chi connectivity index (χ4v) is 3.75. The SMILES string of the molecule is CC(C)c1cc(C(=O)N2CCC(C(=O)Nc3ccc(Cl)cn3)CC2)nn1C(C)(C)C. The maximum atomic E-state index is 13.0. The van der Waals surface area contributed by atoms with Crippen LogP contribution in [0.25, 0.3) is 0 Å². The third-order valence-electron chi connectivity index (χ3n) is 5.31. The molecule has 3 heterocycles. The number of amides is 2. The van der Waals surface area contributed by atoms with Crippen molar-refractivity contribution in [1.29, 1.82) is 0 Å². The van der Waals surface area contributed by atoms with Crippen molar-refractivity contribution in [2.45, 2.75) is 58.9 Å². The van der Waals surface area contributed by atoms with Gasteiger partial charge in [0.25, 0.3) is 5.91 Å². The highest BCUT2D eigenvalue weighted by Crippen LogP contribution is 2.26. The summed E-state index contributed by atoms with van der Waals surface area (Å²) in [5, 5.41) is 7.97. The molecule has 0 aliphatic carbocycles. The lowest BCUT2D eigenvalue weighted by Gasteiger charge is -2.30. The van der Waals surface area contributed by atoms with Crippen LogP contribution in [0.15, 0.2) is 24.4 Å². The summed E-state index contributed by atoms with van der Waals surface area (Å²) in [6.45, 7) is 11.5. The molecule has 1 fully saturated rings. The first-order chi connectivity index (χ1) is 14.1. The van der Waals surface area contributed by atoms with Gasteiger partial charge in [0.15, 0.2) is 5.69 Å². The lowest BCUT2D eigenvalue weighted by molar-refractivity contribution is -0.121. The Labute approximate surface area is 182 Å². The number of hydrogen-bond acceptors (Lipinski definition) is 4. The van der Waals surface area contributed by atoms with Crippen molar-refractivity contribution in [2.24, 2.45) is 5.92 Å². The van der Waals surface area contributed by atoms with Gasteiger partial charge < -0.3 is 10.2 Å². The van der Waals surface area contributed by atoms with Crippen LogP contribution in [0.4, 0.5) is 5.82 Å². The number of nitrogens with zero attached hydrogens (tertiary/aromatic N) is 4. The number of pyridine rings is 1. The van der Waals surface area contributed by atoms with Gasteiger partial charge in [-0.1, -0.05) is 25.4 Å². The molecule has 162 valence electrons. The molecule has 1 saturated heterocycles. The minimum atomic E-state index is -0.196. The van der Waals surface area contributed by atoms with Gasteiger partial charge in [0.2, 0.25) is 5.91 Å². The Bertz CT molecular complexity index is 907. The monoisotopic (exact) mass is 431 g/mol. The summed E-state index contributed by atoms with van der Waals surface area (Å²) in [5.41, 5.74) is 1.33. The van der Waals surface area contributed by atoms with E-state index in [1.54, 1.807) is 17.0 Å². The van der Waals surface area contributed by atoms with Crippen molar-refractivity contribution < 1.29 is 9.59 Å². The van der Waals surface area contributed by atoms with Crippen LogP contribution < -0.4 is 5.32 Å². The third-order valence-corrected chi connectivity index (χ3v) is 5.54. The Morgan fingerprint density at radius 3 is 2.37 bits per heavy atom. The molecular weight excluding hydrogens is 402 g/mol. The van der Waals surface area contributed by atoms with Crippen molar-refractivity contribution in [3.8, 4) is 0 Å². The molecule has 1 N–H and O–H groups in total. The Morgan fingerprint density at radius 2 is 1.87 bits per heavy atom. The van der Waals surface area contributed by atoms with Crippen LogP contribution in [0, 0.1) is 5.92 Å². The summed E-state index contributed by atoms with van der Waals surface area (Å²) in [6.07, 6.45) is 2.73. The highest BCUT2D eigenvalue weighted by Gasteiger charge is 2.30. The molecule has 1 aliphatic rings. The number of carbonyl (C=O) groups is 2. The van der Waals surface area contributed by atoms with Gasteiger partial charge >= 0.3 is 0 Å². The quantitative estimate of drug-likeness (QED) is 0.782. The number of aromatic nitrogens is 3. The number of carbonyl (C=O) groups excluding carboxylic acids is 2. The number of likely N-dealkylation sites (tertiary alicyclic amines) is 1. The maximum Gasteiger partial charge on any atom is 0.274 e. The molecule has 2 aromatic heterocycles. The number of hydrogen-bond donors (Lipinski definition) is 1. The highest BCUT2D eigenvalue weighted by molar-refractivity contribution is 6.30. The number of anilines is 1. The Hall–Kier alpha value is -2.41. The van der Waals surface area contributed by atoms with E-state index in [9.17, 15) is 9.59 Å². The third kappa shape index (κ3) is 5.01. The number of rotatable bonds is 4. The molecule has 0 aromatic carbocycles. The van der Waals surface area contributed by atoms with E-state index in [4.69, 9.17) is 11.6 Å². The smallest absolute Gasteiger partial charge is 0.274 e. The van der Waals surface area contributed by atoms with Crippen molar-refractivity contribution in [3.63, 3.8) is 0 Å². The van der Waals surface area contributed by atoms with Crippen LogP contribution in [-0.2, 0) is 10.3 Å². The van der Waals surface area contributed by atoms with E-state index in [2.05, 4.69) is 50.0 Å². The summed E-state index contributed by atoms with van der Waals surface area (Å²) in [5.74, 6) is 0.463. The van der Waals surface area contributed by atoms with Crippen LogP contribution in [0.2, 0.25) is 5.02 Å². The Morgan fingerprint density at radius 1 is 1.20 bits per heavy atom. The number of nitrogens with one attached hydrogen (secondary N) is 1. The zero-order valence-electron chi connectivity index (χ0n) is 18.3. The summed E-state index contributed by atoms with van der Waals surface area (Å²) in [4.78, 5) is 31.5. The second-order valence-electron chi connectivity index (χ2n) is 9.11. The number of piperidine rings is 1. The van der Waals surface area contributed by atoms with E-state index in [0.717, 1.165) is 5.69 Å². The van der Waals surface area contributed by atoms with Crippen LogP contribution in [0.5, 0.6) is 0 Å². The molecule has 0 saturated carbocycles. The second-order valence-corrected chi connectivity index (χ2v) is 9.55. The molecule has 7 nitrogen and oxygen atoms in total. The minimum Gasteiger partial charge on any atom is -0.337 e. The molecule has 0 radical (unpaired) electrons. The Kier molecular flexibility index (Phi) is 6.50. The topological polar surface area (TPSA) is 80.1 Å². The molecule has 2 aromatic rings. The largest absolute Gasteiger partial charge is 0.337 e. The van der Waals surface area contributed by atoms with E-state index in [0.29, 0.717) is 42.5 Å². The lowest BCUT2D eigenvalue weighted by Crippen LogP contribution is -2.41. The zero-order valence-corrected chi connectivity index (χ0v) is 19.0. The van der Waals surface area contributed by atoms with E-state index >= 15 is 0 Å². The average Bonchev–Trinajstić information content (AvgIpc) is 3.16. The van der Waals surface area contributed by atoms with Gasteiger partial charge in [0, 0.05) is 30.9 Å². The molecule has 8 heteroatoms. The van der Waals surface area contributed by atoms with Crippen LogP contribution in [-0.4, -0.2) is 44.6 Å². The molecule has 3 rings (SSSR count). The first-order valence-electron chi connectivity index (χ1n) is 10.4. The first kappa shape index (κ1) is 22.3. The molecule has 0 atom stereocenters. The first-order valence-corrected chi connectivity index (χ1v) is 10.8. The highest BCUT2D eigenvalue weighted by atomic mass is 35.5. The summed E-state index contributed by atoms with van der Waals surface area (Å²) < 4.78 is 1.95. The molecular formula is C22H30ClN5O2. The predicted molar refractivity (Wildman–Crippen MR) is 118 cm³/mol. The minimum absolute atomic E-state index is 0.0712. The summed E-state index contributed by atoms with van der Waals surface area (Å²) in [7, 11) is 0. The average molecular weight is 432 g/mol. The standard InChI is InChI=1S/C22H30ClN5O2/c1-14(2)18-12-17(26-28(18)22(3,4)5)21(30)27-10-8-15(9-11-27)20(29)25-19-7-6-16(23)13-24-19/h6-7,12-15H,8-11H2,1-5H3,(H,24,25,29). The maximum absolute atomic E-state index is 13.0. The van der Waals surface area contributed by atoms with Gasteiger partial charge in [-0.2, -0.15) is 5.10 Å². The predicted octanol–water partition coefficient (Wildman–Crippen LogP) is 4.30. The van der Waals surface area contributed by atoms with E-state index in [1.807, 2.05) is 10.7 Å². The van der Waals surface area contributed by atoms with E-state index in [1.165, 1.54) is 6.20 Å². The van der Waals surface area contributed by atoms with Crippen molar-refractivity contribution in [2.75, 3.05) is 18.4 Å². The molecule has 30 heavy (non-hydrogen) atoms. The van der Waals surface area contributed by atoms with Crippen molar-refractivity contribution in [1.82, 2.24) is 19.7 Å². The molecule has 2 amide bonds. The van der Waals surface area contributed by atoms with Gasteiger partial charge in [0.1, 0.15) is 5.82 Å². The molecule has 0 spiro atoms. The van der Waals surface area contributed by atoms with Gasteiger partial charge in [-0.3, -0.25) is 14.3 Å². The number of halogens is 1. The summed E-state index contributed by atoms with van der Waals surface area (Å²) >= 11 is 5.83. The molecule has 1 aliphatic heterocycles. The van der Waals surface area contributed by atoms with Gasteiger partial charge in [0.05, 0.1) is 10.6 Å². The van der Waals surface area contributed by atoms with Gasteiger partial charge in [-0.25, -0.2) is 4.98 Å². The van der Waals surface area contributed by atoms with Crippen LogP contribution in [0.3, 0.4) is 0 Å². The van der Waals surface area contributed by atoms with Crippen LogP contribution >= 0.6 is 11.6 Å². The zero-order chi connectivity index (χ0) is 22.1. The molecule has 0 bridgehead atoms. The fourth-order valence-electron chi connectivity index (χ4n) is 3.63. The van der Waals surface area contributed by atoms with Crippen LogP contribution in [0.1, 0.15) is 69.6 Å². The van der Waals surface area contributed by atoms with Gasteiger partial charge in [-0.15, -0.1) is 0 Å². The van der Waals surface area contributed by atoms with E-state index < -0.39 is 0 Å².